The second-order valence-corrected chi connectivity index (χ2v) is 6.84. The van der Waals surface area contributed by atoms with E-state index in [0.717, 1.165) is 0 Å². The lowest BCUT2D eigenvalue weighted by Gasteiger charge is -2.13. The molecule has 0 bridgehead atoms. The highest BCUT2D eigenvalue weighted by Crippen LogP contribution is 2.31. The first-order valence-corrected chi connectivity index (χ1v) is 9.43. The highest BCUT2D eigenvalue weighted by Gasteiger charge is 2.22. The number of aryl methyl sites for hydroxylation is 1. The average Bonchev–Trinajstić information content (AvgIpc) is 2.77. The maximum Gasteiger partial charge on any atom is 0.336 e. The third kappa shape index (κ3) is 3.78. The molecule has 0 fully saturated rings. The van der Waals surface area contributed by atoms with Gasteiger partial charge < -0.3 is 9.15 Å². The van der Waals surface area contributed by atoms with E-state index in [9.17, 15) is 14.4 Å². The number of hydrogen-bond acceptors (Lipinski definition) is 5. The van der Waals surface area contributed by atoms with E-state index in [1.54, 1.807) is 73.7 Å². The molecule has 4 rings (SSSR count). The summed E-state index contributed by atoms with van der Waals surface area (Å²) in [6, 6.07) is 22.1. The molecular formula is C25H18O5. The van der Waals surface area contributed by atoms with Gasteiger partial charge in [-0.3, -0.25) is 9.59 Å². The molecule has 5 heteroatoms. The van der Waals surface area contributed by atoms with Crippen molar-refractivity contribution in [2.75, 3.05) is 6.61 Å². The molecule has 0 aliphatic rings. The van der Waals surface area contributed by atoms with E-state index in [1.165, 1.54) is 6.07 Å². The van der Waals surface area contributed by atoms with Gasteiger partial charge in [0.15, 0.2) is 18.0 Å². The molecule has 5 nitrogen and oxygen atoms in total. The number of fused-ring (bicyclic) bond motifs is 1. The second-order valence-electron chi connectivity index (χ2n) is 6.84. The number of carbonyl (C=O) groups is 2. The van der Waals surface area contributed by atoms with Gasteiger partial charge in [-0.15, -0.1) is 0 Å². The van der Waals surface area contributed by atoms with Crippen LogP contribution in [0, 0.1) is 6.92 Å². The van der Waals surface area contributed by atoms with Gasteiger partial charge in [0, 0.05) is 22.6 Å². The van der Waals surface area contributed by atoms with Crippen LogP contribution in [0.25, 0.3) is 11.0 Å². The molecule has 0 radical (unpaired) electrons. The topological polar surface area (TPSA) is 73.6 Å². The molecule has 1 heterocycles. The van der Waals surface area contributed by atoms with E-state index in [2.05, 4.69) is 0 Å². The molecule has 3 aromatic carbocycles. The van der Waals surface area contributed by atoms with Gasteiger partial charge in [0.25, 0.3) is 0 Å². The minimum Gasteiger partial charge on any atom is -0.485 e. The summed E-state index contributed by atoms with van der Waals surface area (Å²) in [6.07, 6.45) is 0. The number of hydrogen-bond donors (Lipinski definition) is 0. The van der Waals surface area contributed by atoms with E-state index in [4.69, 9.17) is 9.15 Å². The lowest BCUT2D eigenvalue weighted by molar-refractivity contribution is 0.0915. The molecule has 30 heavy (non-hydrogen) atoms. The van der Waals surface area contributed by atoms with Crippen LogP contribution in [0.1, 0.15) is 31.8 Å². The van der Waals surface area contributed by atoms with Crippen molar-refractivity contribution in [3.8, 4) is 5.75 Å². The maximum atomic E-state index is 13.3. The van der Waals surface area contributed by atoms with Crippen LogP contribution >= 0.6 is 0 Å². The standard InChI is InChI=1S/C25H18O5/c1-16-14-22(27)30-25-19(16)12-13-21(23(25)24(28)18-10-6-3-7-11-18)29-15-20(26)17-8-4-2-5-9-17/h2-14H,15H2,1H3. The molecule has 0 atom stereocenters. The second kappa shape index (κ2) is 8.17. The Morgan fingerprint density at radius 1 is 0.867 bits per heavy atom. The molecule has 0 aliphatic carbocycles. The van der Waals surface area contributed by atoms with E-state index in [0.29, 0.717) is 22.1 Å². The molecule has 4 aromatic rings. The minimum absolute atomic E-state index is 0.125. The molecule has 1 aromatic heterocycles. The Morgan fingerprint density at radius 3 is 2.17 bits per heavy atom. The Hall–Kier alpha value is -3.99. The third-order valence-corrected chi connectivity index (χ3v) is 4.80. The Kier molecular flexibility index (Phi) is 5.26. The van der Waals surface area contributed by atoms with Crippen LogP contribution in [0.4, 0.5) is 0 Å². The van der Waals surface area contributed by atoms with Crippen molar-refractivity contribution >= 4 is 22.5 Å². The molecule has 148 valence electrons. The molecule has 0 unspecified atom stereocenters. The molecule has 0 aliphatic heterocycles. The van der Waals surface area contributed by atoms with Gasteiger partial charge in [0.1, 0.15) is 11.3 Å². The number of ketones is 2. The van der Waals surface area contributed by atoms with Crippen molar-refractivity contribution in [3.05, 3.63) is 112 Å². The summed E-state index contributed by atoms with van der Waals surface area (Å²) in [5, 5.41) is 0.635. The Bertz CT molecular complexity index is 1290. The molecule has 0 saturated carbocycles. The Labute approximate surface area is 172 Å². The van der Waals surface area contributed by atoms with Gasteiger partial charge in [-0.05, 0) is 24.6 Å². The van der Waals surface area contributed by atoms with Crippen LogP contribution in [0.2, 0.25) is 0 Å². The zero-order valence-electron chi connectivity index (χ0n) is 16.3. The fourth-order valence-corrected chi connectivity index (χ4v) is 3.29. The van der Waals surface area contributed by atoms with Crippen LogP contribution < -0.4 is 10.4 Å². The van der Waals surface area contributed by atoms with Crippen molar-refractivity contribution < 1.29 is 18.7 Å². The van der Waals surface area contributed by atoms with E-state index in [1.807, 2.05) is 6.07 Å². The van der Waals surface area contributed by atoms with Gasteiger partial charge in [0.05, 0.1) is 0 Å². The smallest absolute Gasteiger partial charge is 0.336 e. The largest absolute Gasteiger partial charge is 0.485 e. The quantitative estimate of drug-likeness (QED) is 0.351. The first-order valence-electron chi connectivity index (χ1n) is 9.43. The third-order valence-electron chi connectivity index (χ3n) is 4.80. The fourth-order valence-electron chi connectivity index (χ4n) is 3.29. The van der Waals surface area contributed by atoms with Crippen molar-refractivity contribution in [3.63, 3.8) is 0 Å². The average molecular weight is 398 g/mol. The van der Waals surface area contributed by atoms with Gasteiger partial charge >= 0.3 is 5.63 Å². The number of ether oxygens (including phenoxy) is 1. The zero-order chi connectivity index (χ0) is 21.1. The Morgan fingerprint density at radius 2 is 1.50 bits per heavy atom. The fraction of sp³-hybridized carbons (Fsp3) is 0.0800. The van der Waals surface area contributed by atoms with Crippen molar-refractivity contribution in [2.24, 2.45) is 0 Å². The van der Waals surface area contributed by atoms with E-state index >= 15 is 0 Å². The van der Waals surface area contributed by atoms with Crippen LogP contribution in [-0.4, -0.2) is 18.2 Å². The molecule has 0 saturated heterocycles. The first-order chi connectivity index (χ1) is 14.5. The lowest BCUT2D eigenvalue weighted by atomic mass is 9.98. The van der Waals surface area contributed by atoms with Crippen molar-refractivity contribution in [1.29, 1.82) is 0 Å². The normalized spacial score (nSPS) is 10.7. The number of carbonyl (C=O) groups excluding carboxylic acids is 2. The van der Waals surface area contributed by atoms with Gasteiger partial charge in [-0.25, -0.2) is 4.79 Å². The van der Waals surface area contributed by atoms with Gasteiger partial charge in [-0.2, -0.15) is 0 Å². The van der Waals surface area contributed by atoms with Gasteiger partial charge in [0.2, 0.25) is 5.78 Å². The lowest BCUT2D eigenvalue weighted by Crippen LogP contribution is -2.14. The van der Waals surface area contributed by atoms with Gasteiger partial charge in [-0.1, -0.05) is 60.7 Å². The zero-order valence-corrected chi connectivity index (χ0v) is 16.3. The predicted molar refractivity (Wildman–Crippen MR) is 113 cm³/mol. The summed E-state index contributed by atoms with van der Waals surface area (Å²) < 4.78 is 11.2. The maximum absolute atomic E-state index is 13.3. The minimum atomic E-state index is -0.556. The molecule has 0 amide bonds. The summed E-state index contributed by atoms with van der Waals surface area (Å²) in [4.78, 5) is 37.8. The number of rotatable bonds is 6. The summed E-state index contributed by atoms with van der Waals surface area (Å²) in [5.74, 6) is -0.383. The molecular weight excluding hydrogens is 380 g/mol. The number of Topliss-reactive ketones (excluding diaryl/α,β-unsaturated/α-hetero) is 1. The SMILES string of the molecule is Cc1cc(=O)oc2c(C(=O)c3ccccc3)c(OCC(=O)c3ccccc3)ccc12. The number of benzene rings is 3. The van der Waals surface area contributed by atoms with Crippen LogP contribution in [0.3, 0.4) is 0 Å². The predicted octanol–water partition coefficient (Wildman–Crippen LogP) is 4.59. The van der Waals surface area contributed by atoms with Crippen LogP contribution in [-0.2, 0) is 0 Å². The van der Waals surface area contributed by atoms with Crippen molar-refractivity contribution in [1.82, 2.24) is 0 Å². The first kappa shape index (κ1) is 19.3. The summed E-state index contributed by atoms with van der Waals surface area (Å²) in [5.41, 5.74) is 1.35. The van der Waals surface area contributed by atoms with Crippen LogP contribution in [0.5, 0.6) is 5.75 Å². The Balaban J connectivity index is 1.80. The van der Waals surface area contributed by atoms with Crippen LogP contribution in [0.15, 0.2) is 88.1 Å². The van der Waals surface area contributed by atoms with E-state index < -0.39 is 5.63 Å². The summed E-state index contributed by atoms with van der Waals surface area (Å²) in [7, 11) is 0. The highest BCUT2D eigenvalue weighted by atomic mass is 16.5. The molecule has 0 N–H and O–H groups in total. The van der Waals surface area contributed by atoms with E-state index in [-0.39, 0.29) is 35.1 Å². The highest BCUT2D eigenvalue weighted by molar-refractivity contribution is 6.17. The monoisotopic (exact) mass is 398 g/mol. The molecule has 0 spiro atoms. The van der Waals surface area contributed by atoms with Crippen molar-refractivity contribution in [2.45, 2.75) is 6.92 Å². The summed E-state index contributed by atoms with van der Waals surface area (Å²) >= 11 is 0. The summed E-state index contributed by atoms with van der Waals surface area (Å²) in [6.45, 7) is 1.52.